The topological polar surface area (TPSA) is 73.1 Å². The summed E-state index contributed by atoms with van der Waals surface area (Å²) in [7, 11) is 1.53. The monoisotopic (exact) mass is 468 g/mol. The molecule has 4 aromatic carbocycles. The van der Waals surface area contributed by atoms with Crippen molar-refractivity contribution in [3.05, 3.63) is 108 Å². The van der Waals surface area contributed by atoms with Crippen molar-refractivity contribution < 1.29 is 23.1 Å². The van der Waals surface area contributed by atoms with Gasteiger partial charge in [-0.2, -0.15) is 5.10 Å². The molecular formula is C28H21FN2O4. The van der Waals surface area contributed by atoms with Gasteiger partial charge in [0.25, 0.3) is 0 Å². The van der Waals surface area contributed by atoms with Gasteiger partial charge in [0.15, 0.2) is 17.3 Å². The summed E-state index contributed by atoms with van der Waals surface area (Å²) >= 11 is 0. The summed E-state index contributed by atoms with van der Waals surface area (Å²) in [5.74, 6) is 0.395. The van der Waals surface area contributed by atoms with Crippen LogP contribution in [0.3, 0.4) is 0 Å². The van der Waals surface area contributed by atoms with E-state index in [0.717, 1.165) is 16.2 Å². The van der Waals surface area contributed by atoms with E-state index in [2.05, 4.69) is 10.5 Å². The highest BCUT2D eigenvalue weighted by atomic mass is 19.1. The quantitative estimate of drug-likeness (QED) is 0.232. The molecule has 174 valence electrons. The summed E-state index contributed by atoms with van der Waals surface area (Å²) in [5.41, 5.74) is 4.52. The third-order valence-corrected chi connectivity index (χ3v) is 5.50. The second-order valence-electron chi connectivity index (χ2n) is 7.84. The number of nitrogens with zero attached hydrogens (tertiary/aromatic N) is 1. The van der Waals surface area contributed by atoms with E-state index >= 15 is 0 Å². The Morgan fingerprint density at radius 1 is 0.971 bits per heavy atom. The zero-order valence-electron chi connectivity index (χ0n) is 18.8. The zero-order valence-corrected chi connectivity index (χ0v) is 18.8. The first kappa shape index (κ1) is 22.2. The molecule has 5 rings (SSSR count). The number of carbonyl (C=O) groups excluding carboxylic acids is 1. The lowest BCUT2D eigenvalue weighted by molar-refractivity contribution is 0.0929. The number of nitrogens with one attached hydrogen (secondary N) is 1. The van der Waals surface area contributed by atoms with Crippen molar-refractivity contribution in [3.63, 3.8) is 0 Å². The molecule has 0 unspecified atom stereocenters. The largest absolute Gasteiger partial charge is 0.493 e. The van der Waals surface area contributed by atoms with Gasteiger partial charge in [0.1, 0.15) is 18.0 Å². The molecule has 0 aliphatic carbocycles. The summed E-state index contributed by atoms with van der Waals surface area (Å²) in [5, 5.41) is 7.00. The number of hydrogen-bond donors (Lipinski definition) is 1. The van der Waals surface area contributed by atoms with E-state index in [1.54, 1.807) is 36.4 Å². The van der Waals surface area contributed by atoms with Crippen LogP contribution in [0.4, 0.5) is 4.39 Å². The van der Waals surface area contributed by atoms with Gasteiger partial charge in [-0.1, -0.05) is 42.5 Å². The Hall–Kier alpha value is -4.65. The fraction of sp³-hybridized carbons (Fsp3) is 0.0714. The fourth-order valence-corrected chi connectivity index (χ4v) is 3.80. The number of fused-ring (bicyclic) bond motifs is 3. The van der Waals surface area contributed by atoms with E-state index in [-0.39, 0.29) is 18.2 Å². The highest BCUT2D eigenvalue weighted by Crippen LogP contribution is 2.29. The first-order chi connectivity index (χ1) is 17.1. The van der Waals surface area contributed by atoms with Gasteiger partial charge in [-0.3, -0.25) is 4.79 Å². The average molecular weight is 468 g/mol. The van der Waals surface area contributed by atoms with Crippen LogP contribution < -0.4 is 14.9 Å². The van der Waals surface area contributed by atoms with Crippen LogP contribution >= 0.6 is 0 Å². The van der Waals surface area contributed by atoms with Crippen molar-refractivity contribution in [2.75, 3.05) is 7.11 Å². The minimum atomic E-state index is -0.455. The molecule has 5 aromatic rings. The first-order valence-electron chi connectivity index (χ1n) is 10.9. The van der Waals surface area contributed by atoms with Crippen molar-refractivity contribution in [1.82, 2.24) is 5.43 Å². The molecule has 6 nitrogen and oxygen atoms in total. The SMILES string of the molecule is COc1cc(/C=N\NC(=O)c2cc3c(ccc4ccccc43)o2)ccc1OCc1cccc(F)c1. The Labute approximate surface area is 200 Å². The lowest BCUT2D eigenvalue weighted by Gasteiger charge is -2.11. The molecule has 7 heteroatoms. The van der Waals surface area contributed by atoms with Gasteiger partial charge in [0, 0.05) is 5.39 Å². The number of methoxy groups -OCH3 is 1. The predicted octanol–water partition coefficient (Wildman–Crippen LogP) is 6.08. The second kappa shape index (κ2) is 9.69. The van der Waals surface area contributed by atoms with Gasteiger partial charge in [-0.05, 0) is 64.4 Å². The van der Waals surface area contributed by atoms with Gasteiger partial charge in [0.05, 0.1) is 13.3 Å². The molecule has 0 radical (unpaired) electrons. The molecule has 1 aromatic heterocycles. The maximum Gasteiger partial charge on any atom is 0.307 e. The Kier molecular flexibility index (Phi) is 6.13. The summed E-state index contributed by atoms with van der Waals surface area (Å²) in [6.45, 7) is 0.199. The van der Waals surface area contributed by atoms with Crippen molar-refractivity contribution in [2.24, 2.45) is 5.10 Å². The molecular weight excluding hydrogens is 447 g/mol. The maximum absolute atomic E-state index is 13.4. The molecule has 0 saturated carbocycles. The summed E-state index contributed by atoms with van der Waals surface area (Å²) in [6.07, 6.45) is 1.49. The van der Waals surface area contributed by atoms with Gasteiger partial charge >= 0.3 is 5.91 Å². The molecule has 1 heterocycles. The lowest BCUT2D eigenvalue weighted by Crippen LogP contribution is -2.16. The van der Waals surface area contributed by atoms with Crippen LogP contribution in [0.5, 0.6) is 11.5 Å². The van der Waals surface area contributed by atoms with E-state index in [1.165, 1.54) is 25.5 Å². The van der Waals surface area contributed by atoms with Gasteiger partial charge in [-0.15, -0.1) is 0 Å². The fourth-order valence-electron chi connectivity index (χ4n) is 3.80. The number of benzene rings is 4. The minimum absolute atomic E-state index is 0.173. The number of furan rings is 1. The van der Waals surface area contributed by atoms with Crippen LogP contribution in [0, 0.1) is 5.82 Å². The molecule has 0 fully saturated rings. The van der Waals surface area contributed by atoms with Crippen molar-refractivity contribution in [3.8, 4) is 11.5 Å². The lowest BCUT2D eigenvalue weighted by atomic mass is 10.1. The normalized spacial score (nSPS) is 11.3. The standard InChI is InChI=1S/C28H21FN2O4/c1-33-26-14-18(9-11-25(26)34-17-19-5-4-7-21(29)13-19)16-30-31-28(32)27-15-23-22-8-3-2-6-20(22)10-12-24(23)35-27/h2-16H,17H2,1H3,(H,31,32)/b30-16-. The predicted molar refractivity (Wildman–Crippen MR) is 133 cm³/mol. The first-order valence-corrected chi connectivity index (χ1v) is 10.9. The summed E-state index contributed by atoms with van der Waals surface area (Å²) in [6, 6.07) is 24.9. The van der Waals surface area contributed by atoms with Gasteiger partial charge in [0.2, 0.25) is 0 Å². The maximum atomic E-state index is 13.4. The van der Waals surface area contributed by atoms with Crippen LogP contribution in [0.1, 0.15) is 21.7 Å². The Balaban J connectivity index is 1.26. The second-order valence-corrected chi connectivity index (χ2v) is 7.84. The number of rotatable bonds is 7. The summed E-state index contributed by atoms with van der Waals surface area (Å²) in [4.78, 5) is 12.6. The molecule has 35 heavy (non-hydrogen) atoms. The number of halogens is 1. The highest BCUT2D eigenvalue weighted by molar-refractivity contribution is 6.08. The van der Waals surface area contributed by atoms with E-state index in [1.807, 2.05) is 36.4 Å². The molecule has 0 bridgehead atoms. The Morgan fingerprint density at radius 3 is 2.71 bits per heavy atom. The van der Waals surface area contributed by atoms with E-state index < -0.39 is 5.91 Å². The zero-order chi connectivity index (χ0) is 24.2. The van der Waals surface area contributed by atoms with Gasteiger partial charge in [-0.25, -0.2) is 9.82 Å². The average Bonchev–Trinajstić information content (AvgIpc) is 3.33. The van der Waals surface area contributed by atoms with Crippen molar-refractivity contribution in [1.29, 1.82) is 0 Å². The van der Waals surface area contributed by atoms with Crippen LogP contribution in [0.25, 0.3) is 21.7 Å². The number of hydrogen-bond acceptors (Lipinski definition) is 5. The third kappa shape index (κ3) is 4.84. The molecule has 0 atom stereocenters. The molecule has 1 N–H and O–H groups in total. The number of hydrazone groups is 1. The highest BCUT2D eigenvalue weighted by Gasteiger charge is 2.13. The van der Waals surface area contributed by atoms with Crippen LogP contribution in [0.2, 0.25) is 0 Å². The van der Waals surface area contributed by atoms with E-state index in [9.17, 15) is 9.18 Å². The number of amides is 1. The van der Waals surface area contributed by atoms with Crippen molar-refractivity contribution >= 4 is 33.9 Å². The number of ether oxygens (including phenoxy) is 2. The smallest absolute Gasteiger partial charge is 0.307 e. The Morgan fingerprint density at radius 2 is 1.86 bits per heavy atom. The van der Waals surface area contributed by atoms with E-state index in [0.29, 0.717) is 28.2 Å². The molecule has 0 spiro atoms. The molecule has 0 aliphatic heterocycles. The molecule has 1 amide bonds. The third-order valence-electron chi connectivity index (χ3n) is 5.50. The summed E-state index contributed by atoms with van der Waals surface area (Å²) < 4.78 is 30.2. The minimum Gasteiger partial charge on any atom is -0.493 e. The molecule has 0 saturated heterocycles. The number of carbonyl (C=O) groups is 1. The Bertz CT molecular complexity index is 1560. The van der Waals surface area contributed by atoms with Crippen LogP contribution in [-0.2, 0) is 6.61 Å². The van der Waals surface area contributed by atoms with Crippen molar-refractivity contribution in [2.45, 2.75) is 6.61 Å². The van der Waals surface area contributed by atoms with Crippen LogP contribution in [-0.4, -0.2) is 19.2 Å². The molecule has 0 aliphatic rings. The van der Waals surface area contributed by atoms with E-state index in [4.69, 9.17) is 13.9 Å². The van der Waals surface area contributed by atoms with Crippen LogP contribution in [0.15, 0.2) is 94.4 Å². The van der Waals surface area contributed by atoms with Gasteiger partial charge < -0.3 is 13.9 Å².